The van der Waals surface area contributed by atoms with Crippen LogP contribution in [0.4, 0.5) is 5.00 Å². The maximum atomic E-state index is 13.2. The summed E-state index contributed by atoms with van der Waals surface area (Å²) in [5.41, 5.74) is 0.688. The van der Waals surface area contributed by atoms with Crippen molar-refractivity contribution < 1.29 is 14.3 Å². The van der Waals surface area contributed by atoms with E-state index < -0.39 is 5.41 Å². The van der Waals surface area contributed by atoms with Crippen molar-refractivity contribution in [3.63, 3.8) is 0 Å². The molecule has 0 fully saturated rings. The second kappa shape index (κ2) is 8.63. The van der Waals surface area contributed by atoms with Gasteiger partial charge in [0.2, 0.25) is 5.91 Å². The van der Waals surface area contributed by atoms with Crippen molar-refractivity contribution in [1.82, 2.24) is 9.88 Å². The molecule has 0 aliphatic carbocycles. The Labute approximate surface area is 164 Å². The third-order valence-corrected chi connectivity index (χ3v) is 5.10. The molecular formula is C20H27N3O3S. The molecule has 1 atom stereocenters. The lowest BCUT2D eigenvalue weighted by molar-refractivity contribution is -0.123. The summed E-state index contributed by atoms with van der Waals surface area (Å²) in [6, 6.07) is 7.07. The monoisotopic (exact) mass is 389 g/mol. The third-order valence-electron chi connectivity index (χ3n) is 4.14. The maximum Gasteiger partial charge on any atom is 0.257 e. The second-order valence-electron chi connectivity index (χ2n) is 7.45. The average Bonchev–Trinajstić information content (AvgIpc) is 2.98. The zero-order chi connectivity index (χ0) is 20.2. The van der Waals surface area contributed by atoms with Crippen LogP contribution in [0.1, 0.15) is 47.7 Å². The number of rotatable bonds is 6. The van der Waals surface area contributed by atoms with Gasteiger partial charge in [-0.1, -0.05) is 26.8 Å². The van der Waals surface area contributed by atoms with Crippen molar-refractivity contribution in [3.8, 4) is 0 Å². The quantitative estimate of drug-likeness (QED) is 0.813. The Kier molecular flexibility index (Phi) is 6.73. The van der Waals surface area contributed by atoms with Crippen LogP contribution in [0.3, 0.4) is 0 Å². The van der Waals surface area contributed by atoms with Gasteiger partial charge in [-0.15, -0.1) is 11.3 Å². The van der Waals surface area contributed by atoms with E-state index in [0.717, 1.165) is 10.6 Å². The molecule has 6 nitrogen and oxygen atoms in total. The number of carbonyl (C=O) groups is 2. The van der Waals surface area contributed by atoms with E-state index in [2.05, 4.69) is 10.3 Å². The van der Waals surface area contributed by atoms with Gasteiger partial charge in [-0.3, -0.25) is 14.6 Å². The Bertz CT molecular complexity index is 797. The van der Waals surface area contributed by atoms with Crippen LogP contribution in [0.2, 0.25) is 0 Å². The highest BCUT2D eigenvalue weighted by Gasteiger charge is 2.29. The number of methoxy groups -OCH3 is 1. The molecular weight excluding hydrogens is 362 g/mol. The average molecular weight is 390 g/mol. The van der Waals surface area contributed by atoms with E-state index in [-0.39, 0.29) is 17.9 Å². The van der Waals surface area contributed by atoms with E-state index in [0.29, 0.717) is 17.2 Å². The Hall–Kier alpha value is -2.25. The van der Waals surface area contributed by atoms with Gasteiger partial charge in [0.1, 0.15) is 5.00 Å². The number of aromatic nitrogens is 1. The Balaban J connectivity index is 2.32. The first-order valence-electron chi connectivity index (χ1n) is 8.74. The first-order valence-corrected chi connectivity index (χ1v) is 9.55. The van der Waals surface area contributed by atoms with E-state index in [1.54, 1.807) is 25.3 Å². The molecule has 0 radical (unpaired) electrons. The van der Waals surface area contributed by atoms with Crippen molar-refractivity contribution in [2.24, 2.45) is 5.41 Å². The van der Waals surface area contributed by atoms with E-state index in [4.69, 9.17) is 4.74 Å². The second-order valence-corrected chi connectivity index (χ2v) is 8.70. The van der Waals surface area contributed by atoms with E-state index in [9.17, 15) is 9.59 Å². The smallest absolute Gasteiger partial charge is 0.257 e. The number of aryl methyl sites for hydroxylation is 1. The summed E-state index contributed by atoms with van der Waals surface area (Å²) in [6.07, 6.45) is 1.69. The van der Waals surface area contributed by atoms with E-state index in [1.807, 2.05) is 52.0 Å². The van der Waals surface area contributed by atoms with E-state index in [1.165, 1.54) is 11.3 Å². The Morgan fingerprint density at radius 2 is 2.04 bits per heavy atom. The lowest BCUT2D eigenvalue weighted by atomic mass is 9.96. The van der Waals surface area contributed by atoms with Crippen molar-refractivity contribution in [3.05, 3.63) is 46.6 Å². The van der Waals surface area contributed by atoms with Crippen LogP contribution in [-0.4, -0.2) is 42.5 Å². The first kappa shape index (κ1) is 21.1. The van der Waals surface area contributed by atoms with Crippen LogP contribution in [-0.2, 0) is 9.53 Å². The van der Waals surface area contributed by atoms with Gasteiger partial charge < -0.3 is 15.0 Å². The molecule has 0 spiro atoms. The standard InChI is InChI=1S/C20H27N3O3S/c1-13-11-14(17(27-13)22-19(25)20(2,3)4)18(24)23(5)16(12-26-6)15-9-7-8-10-21-15/h7-11,16H,12H2,1-6H3,(H,22,25)/t16-/m1/s1. The summed E-state index contributed by atoms with van der Waals surface area (Å²) in [6.45, 7) is 7.76. The highest BCUT2D eigenvalue weighted by Crippen LogP contribution is 2.32. The van der Waals surface area contributed by atoms with Crippen molar-refractivity contribution in [1.29, 1.82) is 0 Å². The molecule has 2 aromatic rings. The Morgan fingerprint density at radius 3 is 2.59 bits per heavy atom. The van der Waals surface area contributed by atoms with Gasteiger partial charge in [-0.25, -0.2) is 0 Å². The number of hydrogen-bond donors (Lipinski definition) is 1. The maximum absolute atomic E-state index is 13.2. The molecule has 0 aliphatic heterocycles. The fraction of sp³-hybridized carbons (Fsp3) is 0.450. The number of amides is 2. The predicted molar refractivity (Wildman–Crippen MR) is 108 cm³/mol. The number of carbonyl (C=O) groups excluding carboxylic acids is 2. The van der Waals surface area contributed by atoms with Crippen molar-refractivity contribution in [2.75, 3.05) is 26.1 Å². The molecule has 2 amide bonds. The summed E-state index contributed by atoms with van der Waals surface area (Å²) in [7, 11) is 3.32. The fourth-order valence-corrected chi connectivity index (χ4v) is 3.41. The molecule has 27 heavy (non-hydrogen) atoms. The molecule has 0 saturated carbocycles. The topological polar surface area (TPSA) is 71.5 Å². The highest BCUT2D eigenvalue weighted by molar-refractivity contribution is 7.16. The van der Waals surface area contributed by atoms with Crippen molar-refractivity contribution in [2.45, 2.75) is 33.7 Å². The molecule has 0 saturated heterocycles. The summed E-state index contributed by atoms with van der Waals surface area (Å²) >= 11 is 1.40. The molecule has 7 heteroatoms. The number of ether oxygens (including phenoxy) is 1. The largest absolute Gasteiger partial charge is 0.382 e. The van der Waals surface area contributed by atoms with Crippen LogP contribution in [0.15, 0.2) is 30.5 Å². The van der Waals surface area contributed by atoms with Crippen LogP contribution < -0.4 is 5.32 Å². The van der Waals surface area contributed by atoms with Gasteiger partial charge in [0.05, 0.1) is 23.9 Å². The SMILES string of the molecule is COC[C@H](c1ccccn1)N(C)C(=O)c1cc(C)sc1NC(=O)C(C)(C)C. The van der Waals surface area contributed by atoms with Crippen LogP contribution >= 0.6 is 11.3 Å². The van der Waals surface area contributed by atoms with Crippen LogP contribution in [0.5, 0.6) is 0 Å². The van der Waals surface area contributed by atoms with Gasteiger partial charge >= 0.3 is 0 Å². The number of likely N-dealkylation sites (N-methyl/N-ethyl adjacent to an activating group) is 1. The van der Waals surface area contributed by atoms with Gasteiger partial charge in [-0.2, -0.15) is 0 Å². The zero-order valence-electron chi connectivity index (χ0n) is 16.7. The number of hydrogen-bond acceptors (Lipinski definition) is 5. The molecule has 0 bridgehead atoms. The van der Waals surface area contributed by atoms with Gasteiger partial charge in [0.15, 0.2) is 0 Å². The highest BCUT2D eigenvalue weighted by atomic mass is 32.1. The lowest BCUT2D eigenvalue weighted by Gasteiger charge is -2.27. The van der Waals surface area contributed by atoms with E-state index >= 15 is 0 Å². The number of thiophene rings is 1. The normalized spacial score (nSPS) is 12.5. The minimum Gasteiger partial charge on any atom is -0.382 e. The molecule has 0 aliphatic rings. The summed E-state index contributed by atoms with van der Waals surface area (Å²) < 4.78 is 5.31. The Morgan fingerprint density at radius 1 is 1.33 bits per heavy atom. The first-order chi connectivity index (χ1) is 12.6. The molecule has 1 N–H and O–H groups in total. The molecule has 2 aromatic heterocycles. The van der Waals surface area contributed by atoms with Gasteiger partial charge in [0.25, 0.3) is 5.91 Å². The van der Waals surface area contributed by atoms with Crippen LogP contribution in [0, 0.1) is 12.3 Å². The molecule has 2 rings (SSSR count). The van der Waals surface area contributed by atoms with Gasteiger partial charge in [0, 0.05) is 30.6 Å². The molecule has 146 valence electrons. The molecule has 0 aromatic carbocycles. The zero-order valence-corrected chi connectivity index (χ0v) is 17.5. The third kappa shape index (κ3) is 5.14. The van der Waals surface area contributed by atoms with Crippen molar-refractivity contribution >= 4 is 28.2 Å². The summed E-state index contributed by atoms with van der Waals surface area (Å²) in [5, 5.41) is 3.47. The summed E-state index contributed by atoms with van der Waals surface area (Å²) in [5.74, 6) is -0.310. The number of nitrogens with zero attached hydrogens (tertiary/aromatic N) is 2. The summed E-state index contributed by atoms with van der Waals surface area (Å²) in [4.78, 5) is 32.5. The minimum absolute atomic E-state index is 0.126. The molecule has 0 unspecified atom stereocenters. The van der Waals surface area contributed by atoms with Gasteiger partial charge in [-0.05, 0) is 25.1 Å². The number of pyridine rings is 1. The minimum atomic E-state index is -0.545. The van der Waals surface area contributed by atoms with Crippen LogP contribution in [0.25, 0.3) is 0 Å². The number of nitrogens with one attached hydrogen (secondary N) is 1. The lowest BCUT2D eigenvalue weighted by Crippen LogP contribution is -2.35. The fourth-order valence-electron chi connectivity index (χ4n) is 2.51. The molecule has 2 heterocycles. The predicted octanol–water partition coefficient (Wildman–Crippen LogP) is 3.90. The number of anilines is 1.